The number of pyridine rings is 1. The Kier molecular flexibility index (Phi) is 3.92. The smallest absolute Gasteiger partial charge is 0.184 e. The second-order valence-corrected chi connectivity index (χ2v) is 4.55. The Labute approximate surface area is 104 Å². The maximum Gasteiger partial charge on any atom is 0.184 e. The van der Waals surface area contributed by atoms with Crippen LogP contribution in [0.4, 0.5) is 0 Å². The SMILES string of the molecule is CCC(C)c1cccc[n+]1Cc1ccccc1. The highest BCUT2D eigenvalue weighted by molar-refractivity contribution is 5.13. The third kappa shape index (κ3) is 2.94. The van der Waals surface area contributed by atoms with Crippen LogP contribution >= 0.6 is 0 Å². The fourth-order valence-electron chi connectivity index (χ4n) is 2.07. The largest absolute Gasteiger partial charge is 0.198 e. The third-order valence-corrected chi connectivity index (χ3v) is 3.29. The molecule has 88 valence electrons. The number of rotatable bonds is 4. The van der Waals surface area contributed by atoms with Gasteiger partial charge in [-0.1, -0.05) is 50.2 Å². The number of hydrogen-bond acceptors (Lipinski definition) is 0. The number of nitrogens with zero attached hydrogens (tertiary/aromatic N) is 1. The van der Waals surface area contributed by atoms with Crippen molar-refractivity contribution < 1.29 is 4.57 Å². The van der Waals surface area contributed by atoms with Gasteiger partial charge in [0.15, 0.2) is 18.4 Å². The van der Waals surface area contributed by atoms with E-state index < -0.39 is 0 Å². The molecule has 0 radical (unpaired) electrons. The predicted molar refractivity (Wildman–Crippen MR) is 70.9 cm³/mol. The predicted octanol–water partition coefficient (Wildman–Crippen LogP) is 3.54. The summed E-state index contributed by atoms with van der Waals surface area (Å²) in [6, 6.07) is 17.1. The lowest BCUT2D eigenvalue weighted by molar-refractivity contribution is -0.697. The molecule has 0 aliphatic rings. The van der Waals surface area contributed by atoms with Crippen molar-refractivity contribution in [1.82, 2.24) is 0 Å². The van der Waals surface area contributed by atoms with Crippen molar-refractivity contribution in [2.24, 2.45) is 0 Å². The molecule has 1 aromatic carbocycles. The maximum absolute atomic E-state index is 2.35. The number of benzene rings is 1. The Hall–Kier alpha value is -1.63. The molecular weight excluding hydrogens is 206 g/mol. The monoisotopic (exact) mass is 226 g/mol. The van der Waals surface area contributed by atoms with Gasteiger partial charge >= 0.3 is 0 Å². The molecule has 0 bridgehead atoms. The molecule has 0 saturated heterocycles. The summed E-state index contributed by atoms with van der Waals surface area (Å²) in [5, 5.41) is 0. The summed E-state index contributed by atoms with van der Waals surface area (Å²) < 4.78 is 2.35. The van der Waals surface area contributed by atoms with Gasteiger partial charge < -0.3 is 0 Å². The van der Waals surface area contributed by atoms with Crippen LogP contribution in [0.2, 0.25) is 0 Å². The van der Waals surface area contributed by atoms with Gasteiger partial charge in [-0.05, 0) is 6.42 Å². The van der Waals surface area contributed by atoms with Gasteiger partial charge in [-0.2, -0.15) is 4.57 Å². The second-order valence-electron chi connectivity index (χ2n) is 4.55. The van der Waals surface area contributed by atoms with E-state index in [-0.39, 0.29) is 0 Å². The Morgan fingerprint density at radius 1 is 1.00 bits per heavy atom. The van der Waals surface area contributed by atoms with Crippen LogP contribution in [-0.4, -0.2) is 0 Å². The highest BCUT2D eigenvalue weighted by Crippen LogP contribution is 2.14. The molecule has 0 saturated carbocycles. The van der Waals surface area contributed by atoms with Crippen LogP contribution in [0, 0.1) is 0 Å². The van der Waals surface area contributed by atoms with Gasteiger partial charge in [0.25, 0.3) is 0 Å². The normalized spacial score (nSPS) is 12.4. The highest BCUT2D eigenvalue weighted by Gasteiger charge is 2.15. The van der Waals surface area contributed by atoms with E-state index in [1.54, 1.807) is 0 Å². The van der Waals surface area contributed by atoms with Crippen LogP contribution in [0.1, 0.15) is 37.4 Å². The summed E-state index contributed by atoms with van der Waals surface area (Å²) in [6.07, 6.45) is 3.35. The van der Waals surface area contributed by atoms with Gasteiger partial charge in [-0.15, -0.1) is 0 Å². The average Bonchev–Trinajstić information content (AvgIpc) is 2.40. The third-order valence-electron chi connectivity index (χ3n) is 3.29. The minimum absolute atomic E-state index is 0.611. The molecule has 0 aliphatic carbocycles. The standard InChI is InChI=1S/C16H20N/c1-3-14(2)16-11-7-8-12-17(16)13-15-9-5-4-6-10-15/h4-12,14H,3,13H2,1-2H3/q+1. The quantitative estimate of drug-likeness (QED) is 0.702. The van der Waals surface area contributed by atoms with E-state index >= 15 is 0 Å². The minimum atomic E-state index is 0.611. The first kappa shape index (κ1) is 11.8. The van der Waals surface area contributed by atoms with E-state index in [4.69, 9.17) is 0 Å². The van der Waals surface area contributed by atoms with Crippen molar-refractivity contribution in [3.63, 3.8) is 0 Å². The van der Waals surface area contributed by atoms with E-state index in [9.17, 15) is 0 Å². The Balaban J connectivity index is 2.27. The van der Waals surface area contributed by atoms with Crippen molar-refractivity contribution in [3.8, 4) is 0 Å². The molecule has 1 aromatic heterocycles. The molecule has 0 amide bonds. The van der Waals surface area contributed by atoms with Crippen LogP contribution in [0.15, 0.2) is 54.7 Å². The maximum atomic E-state index is 2.35. The van der Waals surface area contributed by atoms with Gasteiger partial charge in [0.1, 0.15) is 0 Å². The molecule has 2 rings (SSSR count). The fourth-order valence-corrected chi connectivity index (χ4v) is 2.07. The molecule has 1 atom stereocenters. The van der Waals surface area contributed by atoms with E-state index in [1.165, 1.54) is 17.7 Å². The number of aromatic nitrogens is 1. The lowest BCUT2D eigenvalue weighted by Gasteiger charge is -2.08. The highest BCUT2D eigenvalue weighted by atomic mass is 15.0. The molecule has 0 spiro atoms. The lowest BCUT2D eigenvalue weighted by atomic mass is 10.0. The lowest BCUT2D eigenvalue weighted by Crippen LogP contribution is -2.39. The topological polar surface area (TPSA) is 3.88 Å². The first-order valence-corrected chi connectivity index (χ1v) is 6.33. The van der Waals surface area contributed by atoms with Crippen LogP contribution in [0.25, 0.3) is 0 Å². The van der Waals surface area contributed by atoms with E-state index in [0.717, 1.165) is 6.54 Å². The molecule has 0 aliphatic heterocycles. The summed E-state index contributed by atoms with van der Waals surface area (Å²) in [7, 11) is 0. The molecule has 17 heavy (non-hydrogen) atoms. The van der Waals surface area contributed by atoms with Gasteiger partial charge in [-0.3, -0.25) is 0 Å². The first-order chi connectivity index (χ1) is 8.31. The van der Waals surface area contributed by atoms with Crippen LogP contribution in [0.3, 0.4) is 0 Å². The zero-order chi connectivity index (χ0) is 12.1. The molecule has 1 unspecified atom stereocenters. The summed E-state index contributed by atoms with van der Waals surface area (Å²) in [5.74, 6) is 0.611. The molecule has 1 heterocycles. The van der Waals surface area contributed by atoms with E-state index in [1.807, 2.05) is 0 Å². The van der Waals surface area contributed by atoms with Crippen molar-refractivity contribution in [3.05, 3.63) is 66.0 Å². The summed E-state index contributed by atoms with van der Waals surface area (Å²) in [4.78, 5) is 0. The molecule has 0 fully saturated rings. The molecule has 1 nitrogen and oxygen atoms in total. The van der Waals surface area contributed by atoms with Gasteiger partial charge in [0.2, 0.25) is 0 Å². The Morgan fingerprint density at radius 2 is 1.71 bits per heavy atom. The van der Waals surface area contributed by atoms with Gasteiger partial charge in [0, 0.05) is 23.6 Å². The Morgan fingerprint density at radius 3 is 2.41 bits per heavy atom. The molecule has 1 heteroatoms. The number of hydrogen-bond donors (Lipinski definition) is 0. The van der Waals surface area contributed by atoms with Crippen molar-refractivity contribution in [2.75, 3.05) is 0 Å². The minimum Gasteiger partial charge on any atom is -0.198 e. The zero-order valence-corrected chi connectivity index (χ0v) is 10.6. The van der Waals surface area contributed by atoms with Crippen molar-refractivity contribution in [2.45, 2.75) is 32.7 Å². The van der Waals surface area contributed by atoms with Gasteiger partial charge in [-0.25, -0.2) is 0 Å². The van der Waals surface area contributed by atoms with E-state index in [0.29, 0.717) is 5.92 Å². The second kappa shape index (κ2) is 5.62. The summed E-state index contributed by atoms with van der Waals surface area (Å²) in [6.45, 7) is 5.49. The average molecular weight is 226 g/mol. The van der Waals surface area contributed by atoms with Crippen molar-refractivity contribution in [1.29, 1.82) is 0 Å². The molecule has 2 aromatic rings. The Bertz CT molecular complexity index is 462. The van der Waals surface area contributed by atoms with E-state index in [2.05, 4.69) is 73.1 Å². The van der Waals surface area contributed by atoms with Crippen LogP contribution in [-0.2, 0) is 6.54 Å². The summed E-state index contributed by atoms with van der Waals surface area (Å²) in [5.41, 5.74) is 2.77. The summed E-state index contributed by atoms with van der Waals surface area (Å²) >= 11 is 0. The van der Waals surface area contributed by atoms with Gasteiger partial charge in [0.05, 0.1) is 0 Å². The first-order valence-electron chi connectivity index (χ1n) is 6.33. The molecule has 0 N–H and O–H groups in total. The van der Waals surface area contributed by atoms with Crippen LogP contribution < -0.4 is 4.57 Å². The van der Waals surface area contributed by atoms with Crippen LogP contribution in [0.5, 0.6) is 0 Å². The zero-order valence-electron chi connectivity index (χ0n) is 10.6. The fraction of sp³-hybridized carbons (Fsp3) is 0.312. The molecular formula is C16H20N+. The van der Waals surface area contributed by atoms with Crippen molar-refractivity contribution >= 4 is 0 Å².